The summed E-state index contributed by atoms with van der Waals surface area (Å²) in [5.41, 5.74) is 7.31. The number of benzene rings is 2. The smallest absolute Gasteiger partial charge is 0.0240 e. The lowest BCUT2D eigenvalue weighted by Gasteiger charge is -2.19. The summed E-state index contributed by atoms with van der Waals surface area (Å²) in [6.45, 7) is 11.1. The van der Waals surface area contributed by atoms with Gasteiger partial charge in [-0.15, -0.1) is 0 Å². The summed E-state index contributed by atoms with van der Waals surface area (Å²) in [4.78, 5) is 0. The molecule has 1 heteroatoms. The van der Waals surface area contributed by atoms with E-state index in [-0.39, 0.29) is 0 Å². The average molecular weight is 319 g/mol. The number of rotatable bonds is 6. The molecule has 0 aromatic heterocycles. The molecule has 0 fully saturated rings. The lowest BCUT2D eigenvalue weighted by Crippen LogP contribution is -2.16. The number of allylic oxidation sites excluding steroid dienone is 4. The minimum Gasteiger partial charge on any atom is -0.313 e. The van der Waals surface area contributed by atoms with Gasteiger partial charge < -0.3 is 5.32 Å². The van der Waals surface area contributed by atoms with Crippen molar-refractivity contribution in [3.8, 4) is 0 Å². The van der Waals surface area contributed by atoms with Gasteiger partial charge in [0.25, 0.3) is 0 Å². The van der Waals surface area contributed by atoms with Gasteiger partial charge in [0.2, 0.25) is 0 Å². The molecular formula is C23H29N. The first kappa shape index (κ1) is 17.0. The van der Waals surface area contributed by atoms with E-state index in [4.69, 9.17) is 0 Å². The summed E-state index contributed by atoms with van der Waals surface area (Å²) >= 11 is 0. The normalized spacial score (nSPS) is 17.7. The highest BCUT2D eigenvalue weighted by atomic mass is 14.8. The van der Waals surface area contributed by atoms with Gasteiger partial charge in [0.15, 0.2) is 0 Å². The minimum absolute atomic E-state index is 0.428. The molecule has 1 aliphatic rings. The van der Waals surface area contributed by atoms with Crippen LogP contribution in [0.25, 0.3) is 10.8 Å². The van der Waals surface area contributed by atoms with E-state index in [0.717, 1.165) is 13.1 Å². The van der Waals surface area contributed by atoms with E-state index in [0.29, 0.717) is 5.92 Å². The highest BCUT2D eigenvalue weighted by Gasteiger charge is 2.23. The molecule has 1 nitrogen and oxygen atoms in total. The fraction of sp³-hybridized carbons (Fsp3) is 0.391. The Kier molecular flexibility index (Phi) is 5.20. The van der Waals surface area contributed by atoms with Crippen LogP contribution in [0.3, 0.4) is 0 Å². The largest absolute Gasteiger partial charge is 0.313 e. The monoisotopic (exact) mass is 319 g/mol. The van der Waals surface area contributed by atoms with Crippen LogP contribution in [0.5, 0.6) is 0 Å². The van der Waals surface area contributed by atoms with Crippen molar-refractivity contribution in [2.45, 2.75) is 53.0 Å². The highest BCUT2D eigenvalue weighted by molar-refractivity contribution is 5.87. The fourth-order valence-corrected chi connectivity index (χ4v) is 3.72. The molecule has 126 valence electrons. The molecule has 0 heterocycles. The third-order valence-corrected chi connectivity index (χ3v) is 5.49. The maximum atomic E-state index is 3.66. The molecule has 1 N–H and O–H groups in total. The molecule has 0 radical (unpaired) electrons. The SMILES string of the molecule is CCCCNCc1c(C2C=C(C)C(C)=C2C)ccc2ccccc12. The van der Waals surface area contributed by atoms with Crippen molar-refractivity contribution in [1.82, 2.24) is 5.32 Å². The lowest BCUT2D eigenvalue weighted by atomic mass is 9.87. The van der Waals surface area contributed by atoms with Crippen molar-refractivity contribution in [3.63, 3.8) is 0 Å². The van der Waals surface area contributed by atoms with Gasteiger partial charge in [0, 0.05) is 12.5 Å². The van der Waals surface area contributed by atoms with Gasteiger partial charge in [-0.25, -0.2) is 0 Å². The zero-order valence-corrected chi connectivity index (χ0v) is 15.4. The molecule has 1 atom stereocenters. The van der Waals surface area contributed by atoms with Gasteiger partial charge in [0.05, 0.1) is 0 Å². The Morgan fingerprint density at radius 2 is 1.79 bits per heavy atom. The second-order valence-corrected chi connectivity index (χ2v) is 7.02. The fourth-order valence-electron chi connectivity index (χ4n) is 3.72. The van der Waals surface area contributed by atoms with Crippen molar-refractivity contribution >= 4 is 10.8 Å². The van der Waals surface area contributed by atoms with Crippen LogP contribution >= 0.6 is 0 Å². The first-order chi connectivity index (χ1) is 11.6. The molecule has 0 spiro atoms. The van der Waals surface area contributed by atoms with Gasteiger partial charge >= 0.3 is 0 Å². The number of nitrogens with one attached hydrogen (secondary N) is 1. The molecule has 0 aliphatic heterocycles. The molecule has 0 saturated heterocycles. The predicted octanol–water partition coefficient (Wildman–Crippen LogP) is 6.11. The van der Waals surface area contributed by atoms with Crippen LogP contribution in [0.2, 0.25) is 0 Å². The number of hydrogen-bond acceptors (Lipinski definition) is 1. The molecule has 24 heavy (non-hydrogen) atoms. The van der Waals surface area contributed by atoms with Crippen molar-refractivity contribution in [1.29, 1.82) is 0 Å². The predicted molar refractivity (Wildman–Crippen MR) is 105 cm³/mol. The maximum Gasteiger partial charge on any atom is 0.0240 e. The molecule has 3 rings (SSSR count). The van der Waals surface area contributed by atoms with Gasteiger partial charge in [-0.3, -0.25) is 0 Å². The van der Waals surface area contributed by atoms with Crippen LogP contribution in [0.1, 0.15) is 57.6 Å². The molecule has 0 saturated carbocycles. The van der Waals surface area contributed by atoms with E-state index in [2.05, 4.69) is 75.5 Å². The Balaban J connectivity index is 2.04. The summed E-state index contributed by atoms with van der Waals surface area (Å²) in [6.07, 6.45) is 4.91. The van der Waals surface area contributed by atoms with Crippen LogP contribution < -0.4 is 5.32 Å². The zero-order valence-electron chi connectivity index (χ0n) is 15.4. The van der Waals surface area contributed by atoms with Crippen molar-refractivity contribution in [2.75, 3.05) is 6.54 Å². The van der Waals surface area contributed by atoms with Gasteiger partial charge in [0.1, 0.15) is 0 Å². The van der Waals surface area contributed by atoms with E-state index in [1.165, 1.54) is 51.5 Å². The summed E-state index contributed by atoms with van der Waals surface area (Å²) in [7, 11) is 0. The molecule has 1 aliphatic carbocycles. The molecule has 2 aromatic carbocycles. The first-order valence-electron chi connectivity index (χ1n) is 9.21. The standard InChI is InChI=1S/C23H29N/c1-5-6-13-24-15-23-20-10-8-7-9-19(20)11-12-21(23)22-14-16(2)17(3)18(22)4/h7-12,14,22,24H,5-6,13,15H2,1-4H3. The Morgan fingerprint density at radius 3 is 2.50 bits per heavy atom. The van der Waals surface area contributed by atoms with E-state index < -0.39 is 0 Å². The Morgan fingerprint density at radius 1 is 1.00 bits per heavy atom. The zero-order chi connectivity index (χ0) is 17.1. The molecule has 2 aromatic rings. The van der Waals surface area contributed by atoms with Crippen molar-refractivity contribution in [3.05, 3.63) is 70.3 Å². The number of fused-ring (bicyclic) bond motifs is 1. The van der Waals surface area contributed by atoms with E-state index >= 15 is 0 Å². The van der Waals surface area contributed by atoms with Crippen LogP contribution in [0.4, 0.5) is 0 Å². The van der Waals surface area contributed by atoms with E-state index in [9.17, 15) is 0 Å². The van der Waals surface area contributed by atoms with Gasteiger partial charge in [-0.2, -0.15) is 0 Å². The van der Waals surface area contributed by atoms with Crippen LogP contribution in [0, 0.1) is 0 Å². The van der Waals surface area contributed by atoms with Crippen molar-refractivity contribution < 1.29 is 0 Å². The molecule has 0 amide bonds. The van der Waals surface area contributed by atoms with Gasteiger partial charge in [-0.1, -0.05) is 67.0 Å². The Hall–Kier alpha value is -1.86. The summed E-state index contributed by atoms with van der Waals surface area (Å²) in [5.74, 6) is 0.428. The second-order valence-electron chi connectivity index (χ2n) is 7.02. The quantitative estimate of drug-likeness (QED) is 0.633. The molecule has 1 unspecified atom stereocenters. The molecule has 0 bridgehead atoms. The first-order valence-corrected chi connectivity index (χ1v) is 9.21. The summed E-state index contributed by atoms with van der Waals surface area (Å²) in [5, 5.41) is 6.39. The Bertz CT molecular complexity index is 795. The number of unbranched alkanes of at least 4 members (excludes halogenated alkanes) is 1. The van der Waals surface area contributed by atoms with Crippen LogP contribution in [0.15, 0.2) is 59.2 Å². The second kappa shape index (κ2) is 7.36. The third-order valence-electron chi connectivity index (χ3n) is 5.49. The van der Waals surface area contributed by atoms with E-state index in [1.54, 1.807) is 0 Å². The minimum atomic E-state index is 0.428. The van der Waals surface area contributed by atoms with E-state index in [1.807, 2.05) is 0 Å². The van der Waals surface area contributed by atoms with Gasteiger partial charge in [-0.05, 0) is 61.2 Å². The topological polar surface area (TPSA) is 12.0 Å². The Labute approximate surface area is 146 Å². The summed E-state index contributed by atoms with van der Waals surface area (Å²) < 4.78 is 0. The van der Waals surface area contributed by atoms with Crippen LogP contribution in [-0.2, 0) is 6.54 Å². The molecular weight excluding hydrogens is 290 g/mol. The summed E-state index contributed by atoms with van der Waals surface area (Å²) in [6, 6.07) is 13.4. The maximum absolute atomic E-state index is 3.66. The average Bonchev–Trinajstić information content (AvgIpc) is 2.86. The van der Waals surface area contributed by atoms with Crippen molar-refractivity contribution in [2.24, 2.45) is 0 Å². The highest BCUT2D eigenvalue weighted by Crippen LogP contribution is 2.40. The lowest BCUT2D eigenvalue weighted by molar-refractivity contribution is 0.640. The number of hydrogen-bond donors (Lipinski definition) is 1. The third kappa shape index (κ3) is 3.18. The van der Waals surface area contributed by atoms with Crippen LogP contribution in [-0.4, -0.2) is 6.54 Å².